The topological polar surface area (TPSA) is 157 Å². The van der Waals surface area contributed by atoms with Crippen LogP contribution in [0.4, 0.5) is 0 Å². The minimum Gasteiger partial charge on any atom is -0.460 e. The highest BCUT2D eigenvalue weighted by Gasteiger charge is 2.27. The number of hydrogen-bond donors (Lipinski definition) is 4. The summed E-state index contributed by atoms with van der Waals surface area (Å²) in [6, 6.07) is 6.08. The zero-order valence-electron chi connectivity index (χ0n) is 19.8. The van der Waals surface area contributed by atoms with Gasteiger partial charge in [0, 0.05) is 19.8 Å². The quantitative estimate of drug-likeness (QED) is 0.347. The summed E-state index contributed by atoms with van der Waals surface area (Å²) >= 11 is 0. The zero-order valence-corrected chi connectivity index (χ0v) is 19.8. The molecule has 0 saturated carbocycles. The van der Waals surface area contributed by atoms with Crippen LogP contribution < -0.4 is 21.7 Å². The van der Waals surface area contributed by atoms with Crippen LogP contribution in [-0.2, 0) is 35.1 Å². The summed E-state index contributed by atoms with van der Waals surface area (Å²) in [5.74, 6) is -2.94. The lowest BCUT2D eigenvalue weighted by atomic mass is 10.0. The molecule has 0 saturated heterocycles. The Morgan fingerprint density at radius 3 is 2.06 bits per heavy atom. The molecule has 5 N–H and O–H groups in total. The van der Waals surface area contributed by atoms with E-state index in [1.165, 1.54) is 13.8 Å². The summed E-state index contributed by atoms with van der Waals surface area (Å²) < 4.78 is 5.18. The molecule has 0 aromatic heterocycles. The summed E-state index contributed by atoms with van der Waals surface area (Å²) in [4.78, 5) is 60.4. The van der Waals surface area contributed by atoms with E-state index in [2.05, 4.69) is 16.0 Å². The van der Waals surface area contributed by atoms with Crippen molar-refractivity contribution in [3.05, 3.63) is 35.9 Å². The summed E-state index contributed by atoms with van der Waals surface area (Å²) in [5.41, 5.74) is 5.51. The monoisotopic (exact) mass is 462 g/mol. The third-order valence-corrected chi connectivity index (χ3v) is 4.45. The van der Waals surface area contributed by atoms with Crippen LogP contribution in [0.25, 0.3) is 0 Å². The van der Waals surface area contributed by atoms with Crippen molar-refractivity contribution in [1.82, 2.24) is 16.0 Å². The molecule has 0 radical (unpaired) electrons. The maximum absolute atomic E-state index is 12.7. The van der Waals surface area contributed by atoms with Gasteiger partial charge in [-0.2, -0.15) is 0 Å². The normalized spacial score (nSPS) is 13.7. The van der Waals surface area contributed by atoms with Gasteiger partial charge in [-0.25, -0.2) is 0 Å². The van der Waals surface area contributed by atoms with Crippen molar-refractivity contribution in [1.29, 1.82) is 0 Å². The van der Waals surface area contributed by atoms with Crippen molar-refractivity contribution in [2.24, 2.45) is 5.73 Å². The number of benzene rings is 1. The number of carbonyl (C=O) groups is 5. The van der Waals surface area contributed by atoms with E-state index in [-0.39, 0.29) is 25.2 Å². The zero-order chi connectivity index (χ0) is 25.2. The Kier molecular flexibility index (Phi) is 10.5. The van der Waals surface area contributed by atoms with E-state index in [1.54, 1.807) is 20.8 Å². The van der Waals surface area contributed by atoms with E-state index in [0.29, 0.717) is 0 Å². The fourth-order valence-corrected chi connectivity index (χ4v) is 2.92. The van der Waals surface area contributed by atoms with Crippen molar-refractivity contribution >= 4 is 29.6 Å². The minimum atomic E-state index is -1.11. The van der Waals surface area contributed by atoms with Gasteiger partial charge in [0.1, 0.15) is 23.7 Å². The van der Waals surface area contributed by atoms with Gasteiger partial charge in [-0.3, -0.25) is 24.0 Å². The van der Waals surface area contributed by atoms with Crippen molar-refractivity contribution in [3.63, 3.8) is 0 Å². The molecule has 0 aliphatic heterocycles. The first-order chi connectivity index (χ1) is 15.3. The van der Waals surface area contributed by atoms with Crippen LogP contribution in [0.15, 0.2) is 30.3 Å². The van der Waals surface area contributed by atoms with Crippen molar-refractivity contribution in [2.45, 2.75) is 77.6 Å². The van der Waals surface area contributed by atoms with Gasteiger partial charge < -0.3 is 26.4 Å². The number of primary amides is 1. The lowest BCUT2D eigenvalue weighted by molar-refractivity contribution is -0.155. The molecule has 1 aromatic carbocycles. The smallest absolute Gasteiger partial charge is 0.306 e. The number of carbonyl (C=O) groups excluding carboxylic acids is 5. The van der Waals surface area contributed by atoms with Gasteiger partial charge in [-0.15, -0.1) is 0 Å². The second-order valence-electron chi connectivity index (χ2n) is 8.76. The predicted molar refractivity (Wildman–Crippen MR) is 122 cm³/mol. The molecule has 0 spiro atoms. The minimum absolute atomic E-state index is 0.0425. The van der Waals surface area contributed by atoms with E-state index in [4.69, 9.17) is 10.5 Å². The molecule has 3 atom stereocenters. The standard InChI is InChI=1S/C23H34N4O6/c1-14(21(31)27-17(20(24)30)11-12-19(29)33-23(3,4)5)25-22(32)18(26-15(2)28)13-16-9-7-6-8-10-16/h6-10,14,17-18H,11-13H2,1-5H3,(H2,24,30)(H,25,32)(H,26,28)(H,27,31)/t14-,17-,18-/m0/s1. The number of esters is 1. The summed E-state index contributed by atoms with van der Waals surface area (Å²) in [7, 11) is 0. The molecule has 0 aliphatic rings. The molecule has 0 unspecified atom stereocenters. The Morgan fingerprint density at radius 2 is 1.55 bits per heavy atom. The molecule has 33 heavy (non-hydrogen) atoms. The fraction of sp³-hybridized carbons (Fsp3) is 0.522. The number of hydrogen-bond acceptors (Lipinski definition) is 6. The predicted octanol–water partition coefficient (Wildman–Crippen LogP) is 0.331. The molecule has 0 fully saturated rings. The van der Waals surface area contributed by atoms with Crippen LogP contribution in [0.2, 0.25) is 0 Å². The van der Waals surface area contributed by atoms with Crippen LogP contribution in [0.5, 0.6) is 0 Å². The molecule has 10 heteroatoms. The molecule has 4 amide bonds. The van der Waals surface area contributed by atoms with E-state index in [9.17, 15) is 24.0 Å². The van der Waals surface area contributed by atoms with E-state index in [0.717, 1.165) is 5.56 Å². The number of nitrogens with two attached hydrogens (primary N) is 1. The Morgan fingerprint density at radius 1 is 0.939 bits per heavy atom. The third-order valence-electron chi connectivity index (χ3n) is 4.45. The van der Waals surface area contributed by atoms with E-state index >= 15 is 0 Å². The van der Waals surface area contributed by atoms with E-state index in [1.807, 2.05) is 30.3 Å². The van der Waals surface area contributed by atoms with Crippen LogP contribution in [0.3, 0.4) is 0 Å². The first-order valence-electron chi connectivity index (χ1n) is 10.7. The largest absolute Gasteiger partial charge is 0.460 e. The van der Waals surface area contributed by atoms with Gasteiger partial charge in [0.15, 0.2) is 0 Å². The summed E-state index contributed by atoms with van der Waals surface area (Å²) in [5, 5.41) is 7.56. The first kappa shape index (κ1) is 27.6. The fourth-order valence-electron chi connectivity index (χ4n) is 2.92. The third kappa shape index (κ3) is 11.1. The van der Waals surface area contributed by atoms with Crippen molar-refractivity contribution in [3.8, 4) is 0 Å². The number of nitrogens with one attached hydrogen (secondary N) is 3. The molecule has 10 nitrogen and oxygen atoms in total. The molecule has 0 heterocycles. The van der Waals surface area contributed by atoms with Gasteiger partial charge in [-0.1, -0.05) is 30.3 Å². The highest BCUT2D eigenvalue weighted by atomic mass is 16.6. The Bertz CT molecular complexity index is 850. The molecule has 0 aliphatic carbocycles. The Labute approximate surface area is 194 Å². The number of rotatable bonds is 11. The van der Waals surface area contributed by atoms with Crippen LogP contribution in [0.1, 0.15) is 53.0 Å². The SMILES string of the molecule is CC(=O)N[C@@H](Cc1ccccc1)C(=O)N[C@@H](C)C(=O)N[C@@H](CCC(=O)OC(C)(C)C)C(N)=O. The van der Waals surface area contributed by atoms with Crippen LogP contribution >= 0.6 is 0 Å². The van der Waals surface area contributed by atoms with Gasteiger partial charge in [-0.05, 0) is 39.7 Å². The Balaban J connectivity index is 2.71. The number of ether oxygens (including phenoxy) is 1. The van der Waals surface area contributed by atoms with Crippen molar-refractivity contribution < 1.29 is 28.7 Å². The first-order valence-corrected chi connectivity index (χ1v) is 10.7. The molecule has 0 bridgehead atoms. The summed E-state index contributed by atoms with van der Waals surface area (Å²) in [6.07, 6.45) is 0.0765. The molecule has 182 valence electrons. The molecular weight excluding hydrogens is 428 g/mol. The van der Waals surface area contributed by atoms with Gasteiger partial charge in [0.25, 0.3) is 0 Å². The highest BCUT2D eigenvalue weighted by molar-refractivity contribution is 5.93. The molecule has 1 rings (SSSR count). The lowest BCUT2D eigenvalue weighted by Gasteiger charge is -2.23. The molecule has 1 aromatic rings. The molecular formula is C23H34N4O6. The maximum Gasteiger partial charge on any atom is 0.306 e. The van der Waals surface area contributed by atoms with Crippen molar-refractivity contribution in [2.75, 3.05) is 0 Å². The number of amides is 4. The summed E-state index contributed by atoms with van der Waals surface area (Å²) in [6.45, 7) is 7.88. The van der Waals surface area contributed by atoms with Gasteiger partial charge in [0.2, 0.25) is 23.6 Å². The highest BCUT2D eigenvalue weighted by Crippen LogP contribution is 2.10. The lowest BCUT2D eigenvalue weighted by Crippen LogP contribution is -2.55. The second-order valence-corrected chi connectivity index (χ2v) is 8.76. The van der Waals surface area contributed by atoms with E-state index < -0.39 is 47.4 Å². The van der Waals surface area contributed by atoms with Crippen LogP contribution in [0, 0.1) is 0 Å². The van der Waals surface area contributed by atoms with Gasteiger partial charge in [0.05, 0.1) is 0 Å². The Hall–Kier alpha value is -3.43. The second kappa shape index (κ2) is 12.6. The average molecular weight is 463 g/mol. The average Bonchev–Trinajstić information content (AvgIpc) is 2.69. The van der Waals surface area contributed by atoms with Gasteiger partial charge >= 0.3 is 5.97 Å². The maximum atomic E-state index is 12.7. The van der Waals surface area contributed by atoms with Crippen LogP contribution in [-0.4, -0.2) is 53.3 Å².